The number of alkyl halides is 2. The maximum absolute atomic E-state index is 13.2. The lowest BCUT2D eigenvalue weighted by Crippen LogP contribution is -2.22. The molecule has 34 heavy (non-hydrogen) atoms. The number of aliphatic hydroxyl groups is 1. The van der Waals surface area contributed by atoms with Crippen molar-refractivity contribution in [2.75, 3.05) is 5.32 Å². The highest BCUT2D eigenvalue weighted by atomic mass is 19.3. The molecule has 4 rings (SSSR count). The summed E-state index contributed by atoms with van der Waals surface area (Å²) in [5, 5.41) is 18.2. The maximum atomic E-state index is 13.2. The standard InChI is InChI=1S/C24H26F2N4O4/c1-24(2,33)17-12-20-16(11-19(17)28-21(32)18-5-3-4-10-27-18)22(34-23(25)26)29-30(20)15-8-6-14(13-31)7-9-15/h3-5,10-15,23,33H,6-9H2,1-2H3,(H,28,32). The molecule has 0 saturated heterocycles. The summed E-state index contributed by atoms with van der Waals surface area (Å²) in [7, 11) is 0. The van der Waals surface area contributed by atoms with E-state index in [1.165, 1.54) is 18.3 Å². The van der Waals surface area contributed by atoms with E-state index >= 15 is 0 Å². The number of nitrogens with zero attached hydrogens (tertiary/aromatic N) is 3. The average Bonchev–Trinajstić information content (AvgIpc) is 3.15. The molecule has 2 aromatic heterocycles. The van der Waals surface area contributed by atoms with Crippen LogP contribution in [0.15, 0.2) is 36.5 Å². The second-order valence-corrected chi connectivity index (χ2v) is 8.98. The second kappa shape index (κ2) is 9.46. The lowest BCUT2D eigenvalue weighted by Gasteiger charge is -2.27. The van der Waals surface area contributed by atoms with Crippen LogP contribution in [0.1, 0.15) is 61.6 Å². The fourth-order valence-electron chi connectivity index (χ4n) is 4.38. The molecule has 0 aliphatic heterocycles. The number of anilines is 1. The molecule has 2 N–H and O–H groups in total. The summed E-state index contributed by atoms with van der Waals surface area (Å²) in [6.45, 7) is 0.0479. The van der Waals surface area contributed by atoms with Gasteiger partial charge in [-0.15, -0.1) is 5.10 Å². The van der Waals surface area contributed by atoms with Crippen molar-refractivity contribution in [3.8, 4) is 5.88 Å². The number of amides is 1. The molecular formula is C24H26F2N4O4. The topological polar surface area (TPSA) is 106 Å². The van der Waals surface area contributed by atoms with E-state index in [0.717, 1.165) is 6.29 Å². The second-order valence-electron chi connectivity index (χ2n) is 8.98. The predicted molar refractivity (Wildman–Crippen MR) is 121 cm³/mol. The number of aldehydes is 1. The Morgan fingerprint density at radius 1 is 1.26 bits per heavy atom. The van der Waals surface area contributed by atoms with Gasteiger partial charge >= 0.3 is 6.61 Å². The van der Waals surface area contributed by atoms with Gasteiger partial charge in [-0.25, -0.2) is 0 Å². The largest absolute Gasteiger partial charge is 0.415 e. The van der Waals surface area contributed by atoms with Crippen LogP contribution in [0.4, 0.5) is 14.5 Å². The minimum Gasteiger partial charge on any atom is -0.415 e. The molecule has 2 heterocycles. The van der Waals surface area contributed by atoms with Crippen molar-refractivity contribution in [2.24, 2.45) is 5.92 Å². The number of nitrogens with one attached hydrogen (secondary N) is 1. The van der Waals surface area contributed by atoms with Crippen molar-refractivity contribution in [3.05, 3.63) is 47.8 Å². The van der Waals surface area contributed by atoms with Gasteiger partial charge in [0, 0.05) is 23.4 Å². The van der Waals surface area contributed by atoms with E-state index in [9.17, 15) is 23.5 Å². The molecule has 1 aliphatic carbocycles. The molecule has 8 nitrogen and oxygen atoms in total. The number of aromatic nitrogens is 3. The van der Waals surface area contributed by atoms with Gasteiger partial charge in [-0.05, 0) is 63.8 Å². The van der Waals surface area contributed by atoms with Gasteiger partial charge in [0.2, 0.25) is 5.88 Å². The number of hydrogen-bond donors (Lipinski definition) is 2. The summed E-state index contributed by atoms with van der Waals surface area (Å²) in [5.41, 5.74) is -0.0849. The summed E-state index contributed by atoms with van der Waals surface area (Å²) in [5.74, 6) is -0.797. The molecule has 1 saturated carbocycles. The van der Waals surface area contributed by atoms with E-state index in [-0.39, 0.29) is 34.6 Å². The Kier molecular flexibility index (Phi) is 6.60. The summed E-state index contributed by atoms with van der Waals surface area (Å²) < 4.78 is 32.7. The molecule has 180 valence electrons. The van der Waals surface area contributed by atoms with E-state index in [1.807, 2.05) is 0 Å². The van der Waals surface area contributed by atoms with E-state index in [4.69, 9.17) is 4.74 Å². The van der Waals surface area contributed by atoms with Crippen molar-refractivity contribution in [1.82, 2.24) is 14.8 Å². The number of ether oxygens (including phenoxy) is 1. The number of pyridine rings is 1. The Hall–Kier alpha value is -3.40. The van der Waals surface area contributed by atoms with Crippen LogP contribution in [0.3, 0.4) is 0 Å². The van der Waals surface area contributed by atoms with Crippen molar-refractivity contribution >= 4 is 28.8 Å². The van der Waals surface area contributed by atoms with Crippen LogP contribution in [0.5, 0.6) is 5.88 Å². The fourth-order valence-corrected chi connectivity index (χ4v) is 4.38. The van der Waals surface area contributed by atoms with Gasteiger partial charge in [0.05, 0.1) is 22.5 Å². The highest BCUT2D eigenvalue weighted by Gasteiger charge is 2.29. The van der Waals surface area contributed by atoms with E-state index in [2.05, 4.69) is 15.4 Å². The number of carbonyl (C=O) groups is 2. The molecule has 1 aromatic carbocycles. The molecule has 1 aliphatic rings. The lowest BCUT2D eigenvalue weighted by atomic mass is 9.87. The Balaban J connectivity index is 1.81. The Morgan fingerprint density at radius 3 is 2.59 bits per heavy atom. The van der Waals surface area contributed by atoms with Crippen LogP contribution in [-0.4, -0.2) is 38.7 Å². The fraction of sp³-hybridized carbons (Fsp3) is 0.417. The summed E-state index contributed by atoms with van der Waals surface area (Å²) in [6.07, 6.45) is 5.10. The highest BCUT2D eigenvalue weighted by molar-refractivity contribution is 6.05. The molecule has 0 atom stereocenters. The summed E-state index contributed by atoms with van der Waals surface area (Å²) >= 11 is 0. The normalized spacial score (nSPS) is 18.8. The highest BCUT2D eigenvalue weighted by Crippen LogP contribution is 2.40. The van der Waals surface area contributed by atoms with E-state index in [1.54, 1.807) is 36.7 Å². The van der Waals surface area contributed by atoms with Gasteiger partial charge < -0.3 is 20.0 Å². The summed E-state index contributed by atoms with van der Waals surface area (Å²) in [6, 6.07) is 7.90. The van der Waals surface area contributed by atoms with Crippen LogP contribution < -0.4 is 10.1 Å². The third-order valence-corrected chi connectivity index (χ3v) is 6.10. The quantitative estimate of drug-likeness (QED) is 0.493. The third kappa shape index (κ3) is 4.91. The Morgan fingerprint density at radius 2 is 2.00 bits per heavy atom. The van der Waals surface area contributed by atoms with Gasteiger partial charge in [0.25, 0.3) is 5.91 Å². The van der Waals surface area contributed by atoms with Gasteiger partial charge in [0.15, 0.2) is 0 Å². The van der Waals surface area contributed by atoms with Crippen molar-refractivity contribution in [3.63, 3.8) is 0 Å². The average molecular weight is 472 g/mol. The zero-order chi connectivity index (χ0) is 24.5. The predicted octanol–water partition coefficient (Wildman–Crippen LogP) is 4.44. The van der Waals surface area contributed by atoms with Gasteiger partial charge in [-0.3, -0.25) is 14.5 Å². The zero-order valence-electron chi connectivity index (χ0n) is 18.9. The summed E-state index contributed by atoms with van der Waals surface area (Å²) in [4.78, 5) is 27.9. The van der Waals surface area contributed by atoms with Crippen molar-refractivity contribution in [2.45, 2.75) is 57.8 Å². The maximum Gasteiger partial charge on any atom is 0.388 e. The van der Waals surface area contributed by atoms with Gasteiger partial charge in [0.1, 0.15) is 12.0 Å². The molecule has 1 amide bonds. The molecular weight excluding hydrogens is 446 g/mol. The first-order valence-corrected chi connectivity index (χ1v) is 11.1. The minimum atomic E-state index is -3.09. The van der Waals surface area contributed by atoms with Gasteiger partial charge in [-0.2, -0.15) is 8.78 Å². The molecule has 0 bridgehead atoms. The van der Waals surface area contributed by atoms with Crippen LogP contribution in [-0.2, 0) is 10.4 Å². The molecule has 3 aromatic rings. The zero-order valence-corrected chi connectivity index (χ0v) is 18.9. The molecule has 0 radical (unpaired) electrons. The number of hydrogen-bond acceptors (Lipinski definition) is 6. The van der Waals surface area contributed by atoms with E-state index < -0.39 is 18.1 Å². The number of rotatable bonds is 7. The van der Waals surface area contributed by atoms with Crippen LogP contribution in [0, 0.1) is 5.92 Å². The lowest BCUT2D eigenvalue weighted by molar-refractivity contribution is -0.112. The molecule has 1 fully saturated rings. The Bertz CT molecular complexity index is 1180. The first-order valence-electron chi connectivity index (χ1n) is 11.1. The monoisotopic (exact) mass is 472 g/mol. The van der Waals surface area contributed by atoms with Crippen LogP contribution >= 0.6 is 0 Å². The molecule has 10 heteroatoms. The smallest absolute Gasteiger partial charge is 0.388 e. The van der Waals surface area contributed by atoms with Crippen molar-refractivity contribution in [1.29, 1.82) is 0 Å². The molecule has 0 unspecified atom stereocenters. The van der Waals surface area contributed by atoms with E-state index in [0.29, 0.717) is 36.8 Å². The van der Waals surface area contributed by atoms with Gasteiger partial charge in [-0.1, -0.05) is 6.07 Å². The first kappa shape index (κ1) is 23.7. The minimum absolute atomic E-state index is 0.0183. The number of carbonyl (C=O) groups excluding carboxylic acids is 2. The van der Waals surface area contributed by atoms with Crippen molar-refractivity contribution < 1.29 is 28.2 Å². The Labute approximate surface area is 194 Å². The number of halogens is 2. The SMILES string of the molecule is CC(C)(O)c1cc2c(cc1NC(=O)c1ccccn1)c(OC(F)F)nn2C1CCC(C=O)CC1. The number of benzene rings is 1. The van der Waals surface area contributed by atoms with Crippen LogP contribution in [0.25, 0.3) is 10.9 Å². The third-order valence-electron chi connectivity index (χ3n) is 6.10. The van der Waals surface area contributed by atoms with Crippen LogP contribution in [0.2, 0.25) is 0 Å². The first-order chi connectivity index (χ1) is 16.2. The number of fused-ring (bicyclic) bond motifs is 1. The molecule has 0 spiro atoms.